The first kappa shape index (κ1) is 11.7. The molecule has 0 saturated heterocycles. The molecular formula is C14H18N2O. The first-order valence-corrected chi connectivity index (χ1v) is 5.74. The smallest absolute Gasteiger partial charge is 0.105 e. The standard InChI is InChI=1S/C14H18N2O/c1-11-13(7-8-17-11)10-16(2)14-6-4-3-5-12(14)9-15/h3-8H,9-10,15H2,1-2H3. The second-order valence-electron chi connectivity index (χ2n) is 4.19. The molecule has 0 saturated carbocycles. The van der Waals surface area contributed by atoms with E-state index in [1.165, 1.54) is 11.3 Å². The predicted octanol–water partition coefficient (Wildman–Crippen LogP) is 2.68. The van der Waals surface area contributed by atoms with Crippen molar-refractivity contribution >= 4 is 5.69 Å². The maximum absolute atomic E-state index is 5.75. The zero-order valence-corrected chi connectivity index (χ0v) is 10.3. The van der Waals surface area contributed by atoms with E-state index >= 15 is 0 Å². The molecule has 0 radical (unpaired) electrons. The number of nitrogens with zero attached hydrogens (tertiary/aromatic N) is 1. The molecule has 2 rings (SSSR count). The van der Waals surface area contributed by atoms with Crippen molar-refractivity contribution in [2.75, 3.05) is 11.9 Å². The summed E-state index contributed by atoms with van der Waals surface area (Å²) in [7, 11) is 2.07. The molecule has 0 atom stereocenters. The SMILES string of the molecule is Cc1occc1CN(C)c1ccccc1CN. The Morgan fingerprint density at radius 1 is 1.18 bits per heavy atom. The van der Waals surface area contributed by atoms with Crippen molar-refractivity contribution in [3.8, 4) is 0 Å². The van der Waals surface area contributed by atoms with Gasteiger partial charge < -0.3 is 15.1 Å². The molecule has 0 aliphatic rings. The van der Waals surface area contributed by atoms with Crippen molar-refractivity contribution < 1.29 is 4.42 Å². The molecule has 0 unspecified atom stereocenters. The van der Waals surface area contributed by atoms with Crippen LogP contribution in [0, 0.1) is 6.92 Å². The highest BCUT2D eigenvalue weighted by atomic mass is 16.3. The lowest BCUT2D eigenvalue weighted by molar-refractivity contribution is 0.529. The highest BCUT2D eigenvalue weighted by Gasteiger charge is 2.08. The Balaban J connectivity index is 2.20. The van der Waals surface area contributed by atoms with Gasteiger partial charge in [0, 0.05) is 31.4 Å². The van der Waals surface area contributed by atoms with E-state index in [0.29, 0.717) is 6.54 Å². The van der Waals surface area contributed by atoms with E-state index in [2.05, 4.69) is 24.1 Å². The number of anilines is 1. The van der Waals surface area contributed by atoms with Gasteiger partial charge in [0.05, 0.1) is 6.26 Å². The zero-order valence-electron chi connectivity index (χ0n) is 10.3. The van der Waals surface area contributed by atoms with E-state index < -0.39 is 0 Å². The van der Waals surface area contributed by atoms with Gasteiger partial charge in [0.25, 0.3) is 0 Å². The lowest BCUT2D eigenvalue weighted by Gasteiger charge is -2.21. The van der Waals surface area contributed by atoms with Gasteiger partial charge in [0.2, 0.25) is 0 Å². The minimum atomic E-state index is 0.560. The number of para-hydroxylation sites is 1. The average Bonchev–Trinajstić information content (AvgIpc) is 2.75. The predicted molar refractivity (Wildman–Crippen MR) is 69.9 cm³/mol. The van der Waals surface area contributed by atoms with Gasteiger partial charge in [-0.2, -0.15) is 0 Å². The summed E-state index contributed by atoms with van der Waals surface area (Å²) in [6, 6.07) is 10.2. The van der Waals surface area contributed by atoms with E-state index in [0.717, 1.165) is 17.9 Å². The number of benzene rings is 1. The second kappa shape index (κ2) is 5.06. The molecule has 0 spiro atoms. The van der Waals surface area contributed by atoms with Gasteiger partial charge in [-0.15, -0.1) is 0 Å². The summed E-state index contributed by atoms with van der Waals surface area (Å²) in [5.74, 6) is 0.974. The fourth-order valence-electron chi connectivity index (χ4n) is 1.97. The molecule has 1 heterocycles. The Morgan fingerprint density at radius 3 is 2.59 bits per heavy atom. The number of hydrogen-bond acceptors (Lipinski definition) is 3. The summed E-state index contributed by atoms with van der Waals surface area (Å²) >= 11 is 0. The summed E-state index contributed by atoms with van der Waals surface area (Å²) in [4.78, 5) is 2.19. The third-order valence-electron chi connectivity index (χ3n) is 3.00. The minimum Gasteiger partial charge on any atom is -0.469 e. The minimum absolute atomic E-state index is 0.560. The molecule has 0 amide bonds. The van der Waals surface area contributed by atoms with Gasteiger partial charge in [0.1, 0.15) is 5.76 Å². The average molecular weight is 230 g/mol. The highest BCUT2D eigenvalue weighted by molar-refractivity contribution is 5.53. The van der Waals surface area contributed by atoms with Crippen molar-refractivity contribution in [1.82, 2.24) is 0 Å². The van der Waals surface area contributed by atoms with Crippen molar-refractivity contribution in [3.05, 3.63) is 53.5 Å². The number of aryl methyl sites for hydroxylation is 1. The number of hydrogen-bond donors (Lipinski definition) is 1. The Morgan fingerprint density at radius 2 is 1.94 bits per heavy atom. The van der Waals surface area contributed by atoms with Crippen LogP contribution < -0.4 is 10.6 Å². The molecule has 90 valence electrons. The summed E-state index contributed by atoms with van der Waals surface area (Å²) < 4.78 is 5.31. The van der Waals surface area contributed by atoms with Crippen molar-refractivity contribution in [2.24, 2.45) is 5.73 Å². The monoisotopic (exact) mass is 230 g/mol. The quantitative estimate of drug-likeness (QED) is 0.878. The molecule has 2 aromatic rings. The number of rotatable bonds is 4. The number of nitrogens with two attached hydrogens (primary N) is 1. The molecule has 1 aromatic heterocycles. The lowest BCUT2D eigenvalue weighted by Crippen LogP contribution is -2.18. The maximum atomic E-state index is 5.75. The Labute approximate surface area is 102 Å². The Hall–Kier alpha value is -1.74. The topological polar surface area (TPSA) is 42.4 Å². The van der Waals surface area contributed by atoms with Crippen LogP contribution in [0.25, 0.3) is 0 Å². The van der Waals surface area contributed by atoms with E-state index in [4.69, 9.17) is 10.2 Å². The first-order valence-electron chi connectivity index (χ1n) is 5.74. The Bertz CT molecular complexity index is 490. The molecule has 0 aliphatic carbocycles. The van der Waals surface area contributed by atoms with Gasteiger partial charge >= 0.3 is 0 Å². The van der Waals surface area contributed by atoms with Crippen LogP contribution >= 0.6 is 0 Å². The molecule has 0 fully saturated rings. The van der Waals surface area contributed by atoms with Crippen LogP contribution in [-0.4, -0.2) is 7.05 Å². The van der Waals surface area contributed by atoms with Crippen LogP contribution in [0.3, 0.4) is 0 Å². The molecule has 3 heteroatoms. The Kier molecular flexibility index (Phi) is 3.49. The van der Waals surface area contributed by atoms with Gasteiger partial charge in [-0.05, 0) is 24.6 Å². The fourth-order valence-corrected chi connectivity index (χ4v) is 1.97. The largest absolute Gasteiger partial charge is 0.469 e. The second-order valence-corrected chi connectivity index (χ2v) is 4.19. The van der Waals surface area contributed by atoms with Gasteiger partial charge in [-0.1, -0.05) is 18.2 Å². The summed E-state index contributed by atoms with van der Waals surface area (Å²) in [6.07, 6.45) is 1.73. The molecule has 2 N–H and O–H groups in total. The summed E-state index contributed by atoms with van der Waals surface area (Å²) in [6.45, 7) is 3.38. The third-order valence-corrected chi connectivity index (χ3v) is 3.00. The molecular weight excluding hydrogens is 212 g/mol. The molecule has 0 aliphatic heterocycles. The molecule has 3 nitrogen and oxygen atoms in total. The van der Waals surface area contributed by atoms with Crippen molar-refractivity contribution in [3.63, 3.8) is 0 Å². The van der Waals surface area contributed by atoms with Crippen LogP contribution in [0.15, 0.2) is 41.0 Å². The van der Waals surface area contributed by atoms with Crippen molar-refractivity contribution in [1.29, 1.82) is 0 Å². The highest BCUT2D eigenvalue weighted by Crippen LogP contribution is 2.21. The number of furan rings is 1. The van der Waals surface area contributed by atoms with Crippen LogP contribution in [0.2, 0.25) is 0 Å². The molecule has 1 aromatic carbocycles. The van der Waals surface area contributed by atoms with Gasteiger partial charge in [-0.25, -0.2) is 0 Å². The molecule has 17 heavy (non-hydrogen) atoms. The van der Waals surface area contributed by atoms with Gasteiger partial charge in [0.15, 0.2) is 0 Å². The van der Waals surface area contributed by atoms with E-state index in [9.17, 15) is 0 Å². The fraction of sp³-hybridized carbons (Fsp3) is 0.286. The van der Waals surface area contributed by atoms with E-state index in [1.54, 1.807) is 6.26 Å². The van der Waals surface area contributed by atoms with Crippen LogP contribution in [0.1, 0.15) is 16.9 Å². The maximum Gasteiger partial charge on any atom is 0.105 e. The van der Waals surface area contributed by atoms with E-state index in [1.807, 2.05) is 25.1 Å². The molecule has 0 bridgehead atoms. The zero-order chi connectivity index (χ0) is 12.3. The lowest BCUT2D eigenvalue weighted by atomic mass is 10.1. The summed E-state index contributed by atoms with van der Waals surface area (Å²) in [5, 5.41) is 0. The van der Waals surface area contributed by atoms with Crippen LogP contribution in [0.4, 0.5) is 5.69 Å². The van der Waals surface area contributed by atoms with Gasteiger partial charge in [-0.3, -0.25) is 0 Å². The van der Waals surface area contributed by atoms with Crippen molar-refractivity contribution in [2.45, 2.75) is 20.0 Å². The van der Waals surface area contributed by atoms with E-state index in [-0.39, 0.29) is 0 Å². The summed E-state index contributed by atoms with van der Waals surface area (Å²) in [5.41, 5.74) is 9.29. The van der Waals surface area contributed by atoms with Crippen LogP contribution in [0.5, 0.6) is 0 Å². The first-order chi connectivity index (χ1) is 8.22. The normalized spacial score (nSPS) is 10.5. The third kappa shape index (κ3) is 2.50. The van der Waals surface area contributed by atoms with Crippen LogP contribution in [-0.2, 0) is 13.1 Å².